The summed E-state index contributed by atoms with van der Waals surface area (Å²) in [6.45, 7) is 5.98. The Morgan fingerprint density at radius 1 is 0.865 bits per heavy atom. The van der Waals surface area contributed by atoms with Gasteiger partial charge in [0.1, 0.15) is 6.04 Å². The molecule has 196 valence electrons. The SMILES string of the molecule is CC(C)(C)NC(=O)[C@@H](Cc1ccccc1)N(Cc1ccccc1Cl)C(=O)CSCc1c(Cl)cccc1Cl. The van der Waals surface area contributed by atoms with Gasteiger partial charge in [0, 0.05) is 39.3 Å². The van der Waals surface area contributed by atoms with Crippen LogP contribution >= 0.6 is 46.6 Å². The highest BCUT2D eigenvalue weighted by Gasteiger charge is 2.32. The van der Waals surface area contributed by atoms with Gasteiger partial charge in [-0.25, -0.2) is 0 Å². The second-order valence-corrected chi connectivity index (χ2v) is 12.0. The van der Waals surface area contributed by atoms with Crippen LogP contribution < -0.4 is 5.32 Å². The maximum Gasteiger partial charge on any atom is 0.243 e. The molecule has 4 nitrogen and oxygen atoms in total. The van der Waals surface area contributed by atoms with Gasteiger partial charge in [-0.3, -0.25) is 9.59 Å². The molecular weight excluding hydrogens is 547 g/mol. The van der Waals surface area contributed by atoms with E-state index in [1.54, 1.807) is 29.2 Å². The minimum Gasteiger partial charge on any atom is -0.350 e. The Morgan fingerprint density at radius 2 is 1.46 bits per heavy atom. The summed E-state index contributed by atoms with van der Waals surface area (Å²) in [6, 6.07) is 21.7. The van der Waals surface area contributed by atoms with Crippen molar-refractivity contribution < 1.29 is 9.59 Å². The number of hydrogen-bond donors (Lipinski definition) is 1. The molecule has 0 aliphatic rings. The van der Waals surface area contributed by atoms with E-state index >= 15 is 0 Å². The molecule has 37 heavy (non-hydrogen) atoms. The monoisotopic (exact) mass is 576 g/mol. The van der Waals surface area contributed by atoms with Crippen molar-refractivity contribution in [1.29, 1.82) is 0 Å². The van der Waals surface area contributed by atoms with Crippen LogP contribution in [0.25, 0.3) is 0 Å². The summed E-state index contributed by atoms with van der Waals surface area (Å²) >= 11 is 20.5. The van der Waals surface area contributed by atoms with Crippen LogP contribution in [-0.4, -0.2) is 34.0 Å². The molecule has 0 aromatic heterocycles. The van der Waals surface area contributed by atoms with Crippen LogP contribution in [0.4, 0.5) is 0 Å². The predicted molar refractivity (Wildman–Crippen MR) is 156 cm³/mol. The summed E-state index contributed by atoms with van der Waals surface area (Å²) in [4.78, 5) is 29.0. The molecule has 0 spiro atoms. The van der Waals surface area contributed by atoms with Crippen LogP contribution in [0.15, 0.2) is 72.8 Å². The van der Waals surface area contributed by atoms with Gasteiger partial charge in [0.25, 0.3) is 0 Å². The van der Waals surface area contributed by atoms with E-state index in [0.717, 1.165) is 16.7 Å². The molecule has 0 aliphatic heterocycles. The lowest BCUT2D eigenvalue weighted by Crippen LogP contribution is -2.54. The average Bonchev–Trinajstić information content (AvgIpc) is 2.83. The first kappa shape index (κ1) is 29.4. The highest BCUT2D eigenvalue weighted by molar-refractivity contribution is 7.99. The molecule has 0 aliphatic carbocycles. The third-order valence-electron chi connectivity index (χ3n) is 5.60. The Morgan fingerprint density at radius 3 is 2.08 bits per heavy atom. The molecule has 0 unspecified atom stereocenters. The van der Waals surface area contributed by atoms with Gasteiger partial charge >= 0.3 is 0 Å². The lowest BCUT2D eigenvalue weighted by atomic mass is 10.0. The van der Waals surface area contributed by atoms with E-state index in [2.05, 4.69) is 5.32 Å². The van der Waals surface area contributed by atoms with Crippen LogP contribution in [0, 0.1) is 0 Å². The van der Waals surface area contributed by atoms with Crippen molar-refractivity contribution in [2.45, 2.75) is 51.1 Å². The molecule has 1 N–H and O–H groups in total. The standard InChI is InChI=1S/C29H31Cl3N2O2S/c1-29(2,3)33-28(36)26(16-20-10-5-4-6-11-20)34(17-21-12-7-8-13-23(21)30)27(35)19-37-18-22-24(31)14-9-15-25(22)32/h4-15,26H,16-19H2,1-3H3,(H,33,36)/t26-/m1/s1. The molecule has 1 atom stereocenters. The fraction of sp³-hybridized carbons (Fsp3) is 0.310. The van der Waals surface area contributed by atoms with Crippen LogP contribution in [0.5, 0.6) is 0 Å². The minimum absolute atomic E-state index is 0.153. The molecule has 8 heteroatoms. The van der Waals surface area contributed by atoms with E-state index in [1.807, 2.05) is 69.3 Å². The van der Waals surface area contributed by atoms with Gasteiger partial charge in [0.05, 0.1) is 5.75 Å². The lowest BCUT2D eigenvalue weighted by molar-refractivity contribution is -0.140. The number of carbonyl (C=O) groups is 2. The summed E-state index contributed by atoms with van der Waals surface area (Å²) in [5, 5.41) is 4.74. The van der Waals surface area contributed by atoms with Crippen molar-refractivity contribution in [1.82, 2.24) is 10.2 Å². The summed E-state index contributed by atoms with van der Waals surface area (Å²) in [5.74, 6) is 0.246. The maximum absolute atomic E-state index is 13.7. The number of amides is 2. The van der Waals surface area contributed by atoms with Crippen LogP contribution in [0.3, 0.4) is 0 Å². The van der Waals surface area contributed by atoms with E-state index in [4.69, 9.17) is 34.8 Å². The summed E-state index contributed by atoms with van der Waals surface area (Å²) in [6.07, 6.45) is 0.375. The van der Waals surface area contributed by atoms with E-state index in [9.17, 15) is 9.59 Å². The van der Waals surface area contributed by atoms with Crippen molar-refractivity contribution in [3.05, 3.63) is 105 Å². The van der Waals surface area contributed by atoms with Crippen molar-refractivity contribution in [3.8, 4) is 0 Å². The Labute approximate surface area is 238 Å². The zero-order chi connectivity index (χ0) is 27.0. The minimum atomic E-state index is -0.727. The van der Waals surface area contributed by atoms with Crippen molar-refractivity contribution in [2.75, 3.05) is 5.75 Å². The predicted octanol–water partition coefficient (Wildman–Crippen LogP) is 7.43. The van der Waals surface area contributed by atoms with Gasteiger partial charge in [-0.1, -0.05) is 89.4 Å². The molecule has 2 amide bonds. The first-order valence-electron chi connectivity index (χ1n) is 11.9. The number of benzene rings is 3. The Hall–Kier alpha value is -2.18. The molecule has 0 fully saturated rings. The highest BCUT2D eigenvalue weighted by Crippen LogP contribution is 2.29. The molecular formula is C29H31Cl3N2O2S. The molecule has 0 saturated carbocycles. The van der Waals surface area contributed by atoms with E-state index in [0.29, 0.717) is 27.2 Å². The normalized spacial score (nSPS) is 12.2. The summed E-state index contributed by atoms with van der Waals surface area (Å²) < 4.78 is 0. The first-order chi connectivity index (χ1) is 17.5. The second kappa shape index (κ2) is 13.6. The molecule has 3 rings (SSSR count). The lowest BCUT2D eigenvalue weighted by Gasteiger charge is -2.34. The largest absolute Gasteiger partial charge is 0.350 e. The van der Waals surface area contributed by atoms with Gasteiger partial charge in [-0.05, 0) is 55.7 Å². The quantitative estimate of drug-likeness (QED) is 0.272. The number of hydrogen-bond acceptors (Lipinski definition) is 3. The number of thioether (sulfide) groups is 1. The summed E-state index contributed by atoms with van der Waals surface area (Å²) in [7, 11) is 0. The van der Waals surface area contributed by atoms with Crippen molar-refractivity contribution in [3.63, 3.8) is 0 Å². The Bertz CT molecular complexity index is 1200. The Kier molecular flexibility index (Phi) is 10.8. The zero-order valence-electron chi connectivity index (χ0n) is 21.1. The van der Waals surface area contributed by atoms with Gasteiger partial charge in [-0.2, -0.15) is 0 Å². The van der Waals surface area contributed by atoms with E-state index in [-0.39, 0.29) is 24.1 Å². The van der Waals surface area contributed by atoms with E-state index in [1.165, 1.54) is 11.8 Å². The molecule has 0 heterocycles. The number of nitrogens with one attached hydrogen (secondary N) is 1. The molecule has 3 aromatic rings. The second-order valence-electron chi connectivity index (χ2n) is 9.75. The van der Waals surface area contributed by atoms with Crippen molar-refractivity contribution in [2.24, 2.45) is 0 Å². The number of rotatable bonds is 10. The molecule has 3 aromatic carbocycles. The fourth-order valence-electron chi connectivity index (χ4n) is 3.81. The Balaban J connectivity index is 1.90. The number of halogens is 3. The number of nitrogens with zero attached hydrogens (tertiary/aromatic N) is 1. The van der Waals surface area contributed by atoms with Crippen molar-refractivity contribution >= 4 is 58.4 Å². The van der Waals surface area contributed by atoms with Crippen LogP contribution in [-0.2, 0) is 28.3 Å². The van der Waals surface area contributed by atoms with Gasteiger partial charge in [0.2, 0.25) is 11.8 Å². The first-order valence-corrected chi connectivity index (χ1v) is 14.2. The number of carbonyl (C=O) groups excluding carboxylic acids is 2. The highest BCUT2D eigenvalue weighted by atomic mass is 35.5. The van der Waals surface area contributed by atoms with Gasteiger partial charge in [-0.15, -0.1) is 11.8 Å². The van der Waals surface area contributed by atoms with Crippen LogP contribution in [0.2, 0.25) is 15.1 Å². The van der Waals surface area contributed by atoms with Crippen LogP contribution in [0.1, 0.15) is 37.5 Å². The topological polar surface area (TPSA) is 49.4 Å². The average molecular weight is 578 g/mol. The fourth-order valence-corrected chi connectivity index (χ4v) is 5.65. The van der Waals surface area contributed by atoms with Gasteiger partial charge < -0.3 is 10.2 Å². The third-order valence-corrected chi connectivity index (χ3v) is 7.62. The van der Waals surface area contributed by atoms with E-state index < -0.39 is 11.6 Å². The third kappa shape index (κ3) is 8.96. The maximum atomic E-state index is 13.7. The summed E-state index contributed by atoms with van der Waals surface area (Å²) in [5.41, 5.74) is 2.07. The van der Waals surface area contributed by atoms with Gasteiger partial charge in [0.15, 0.2) is 0 Å². The molecule has 0 radical (unpaired) electrons. The smallest absolute Gasteiger partial charge is 0.243 e. The zero-order valence-corrected chi connectivity index (χ0v) is 24.2. The molecule has 0 saturated heterocycles. The molecule has 0 bridgehead atoms.